The first kappa shape index (κ1) is 23.9. The normalized spacial score (nSPS) is 12.1. The number of hydrogen-bond acceptors (Lipinski definition) is 6. The van der Waals surface area contributed by atoms with Crippen LogP contribution in [-0.4, -0.2) is 29.5 Å². The standard InChI is InChI=1S/C23H28N2O6/c1-15(13-22(27)31-23(3,4)5)17-7-9-18(10-8-17)24(16(2)26)19-11-12-20(25(28)29)21(14-19)30-6/h7-12,14-15H,13H2,1-6H3. The van der Waals surface area contributed by atoms with Gasteiger partial charge in [-0.05, 0) is 50.5 Å². The summed E-state index contributed by atoms with van der Waals surface area (Å²) in [5.41, 5.74) is 1.26. The lowest BCUT2D eigenvalue weighted by molar-refractivity contribution is -0.385. The minimum Gasteiger partial charge on any atom is -0.490 e. The average molecular weight is 428 g/mol. The van der Waals surface area contributed by atoms with Crippen molar-refractivity contribution in [3.05, 3.63) is 58.1 Å². The molecule has 0 aliphatic carbocycles. The third kappa shape index (κ3) is 6.28. The second-order valence-electron chi connectivity index (χ2n) is 8.25. The van der Waals surface area contributed by atoms with Crippen LogP contribution in [-0.2, 0) is 14.3 Å². The minimum atomic E-state index is -0.540. The van der Waals surface area contributed by atoms with Gasteiger partial charge in [0.25, 0.3) is 0 Å². The number of carbonyl (C=O) groups excluding carboxylic acids is 2. The summed E-state index contributed by atoms with van der Waals surface area (Å²) < 4.78 is 10.5. The third-order valence-electron chi connectivity index (χ3n) is 4.55. The van der Waals surface area contributed by atoms with Gasteiger partial charge in [0.2, 0.25) is 5.91 Å². The Morgan fingerprint density at radius 2 is 1.68 bits per heavy atom. The first-order chi connectivity index (χ1) is 14.4. The van der Waals surface area contributed by atoms with Crippen LogP contribution >= 0.6 is 0 Å². The first-order valence-corrected chi connectivity index (χ1v) is 9.88. The number of esters is 1. The first-order valence-electron chi connectivity index (χ1n) is 9.88. The minimum absolute atomic E-state index is 0.0610. The monoisotopic (exact) mass is 428 g/mol. The number of nitro groups is 1. The van der Waals surface area contributed by atoms with Crippen LogP contribution in [0.5, 0.6) is 5.75 Å². The SMILES string of the molecule is COc1cc(N(C(C)=O)c2ccc(C(C)CC(=O)OC(C)(C)C)cc2)ccc1[N+](=O)[O-]. The molecule has 0 fully saturated rings. The van der Waals surface area contributed by atoms with E-state index < -0.39 is 10.5 Å². The Morgan fingerprint density at radius 3 is 2.16 bits per heavy atom. The van der Waals surface area contributed by atoms with Gasteiger partial charge in [0.1, 0.15) is 5.60 Å². The lowest BCUT2D eigenvalue weighted by atomic mass is 9.97. The molecule has 0 aliphatic rings. The maximum Gasteiger partial charge on any atom is 0.311 e. The Bertz CT molecular complexity index is 963. The van der Waals surface area contributed by atoms with Crippen molar-refractivity contribution in [1.29, 1.82) is 0 Å². The van der Waals surface area contributed by atoms with Crippen molar-refractivity contribution in [3.8, 4) is 5.75 Å². The Balaban J connectivity index is 2.27. The molecule has 166 valence electrons. The summed E-state index contributed by atoms with van der Waals surface area (Å²) in [6.45, 7) is 8.82. The van der Waals surface area contributed by atoms with Gasteiger partial charge in [0, 0.05) is 24.7 Å². The van der Waals surface area contributed by atoms with E-state index in [1.54, 1.807) is 12.1 Å². The Hall–Kier alpha value is -3.42. The van der Waals surface area contributed by atoms with Crippen LogP contribution in [0.25, 0.3) is 0 Å². The highest BCUT2D eigenvalue weighted by Crippen LogP contribution is 2.35. The molecular weight excluding hydrogens is 400 g/mol. The van der Waals surface area contributed by atoms with E-state index in [-0.39, 0.29) is 35.7 Å². The van der Waals surface area contributed by atoms with Crippen molar-refractivity contribution >= 4 is 28.9 Å². The fraction of sp³-hybridized carbons (Fsp3) is 0.391. The highest BCUT2D eigenvalue weighted by atomic mass is 16.6. The van der Waals surface area contributed by atoms with E-state index in [0.29, 0.717) is 11.4 Å². The number of nitrogens with zero attached hydrogens (tertiary/aromatic N) is 2. The van der Waals surface area contributed by atoms with Crippen LogP contribution in [0.2, 0.25) is 0 Å². The fourth-order valence-corrected chi connectivity index (χ4v) is 3.17. The van der Waals surface area contributed by atoms with E-state index in [4.69, 9.17) is 9.47 Å². The maximum absolute atomic E-state index is 12.4. The van der Waals surface area contributed by atoms with Crippen LogP contribution in [0.1, 0.15) is 52.5 Å². The Labute approximate surface area is 181 Å². The van der Waals surface area contributed by atoms with Gasteiger partial charge in [-0.25, -0.2) is 0 Å². The molecule has 0 N–H and O–H groups in total. The molecule has 0 radical (unpaired) electrons. The maximum atomic E-state index is 12.4. The van der Waals surface area contributed by atoms with E-state index in [9.17, 15) is 19.7 Å². The molecule has 1 atom stereocenters. The molecule has 0 aromatic heterocycles. The zero-order valence-electron chi connectivity index (χ0n) is 18.7. The number of hydrogen-bond donors (Lipinski definition) is 0. The topological polar surface area (TPSA) is 99.0 Å². The van der Waals surface area contributed by atoms with Crippen LogP contribution in [0.3, 0.4) is 0 Å². The van der Waals surface area contributed by atoms with Gasteiger partial charge in [-0.2, -0.15) is 0 Å². The zero-order valence-corrected chi connectivity index (χ0v) is 18.7. The second kappa shape index (κ2) is 9.59. The molecule has 0 aliphatic heterocycles. The van der Waals surface area contributed by atoms with Gasteiger partial charge in [-0.15, -0.1) is 0 Å². The van der Waals surface area contributed by atoms with Gasteiger partial charge < -0.3 is 9.47 Å². The number of carbonyl (C=O) groups is 2. The number of benzene rings is 2. The molecule has 2 aromatic rings. The predicted octanol–water partition coefficient (Wildman–Crippen LogP) is 5.12. The van der Waals surface area contributed by atoms with E-state index in [2.05, 4.69) is 0 Å². The molecule has 8 nitrogen and oxygen atoms in total. The second-order valence-corrected chi connectivity index (χ2v) is 8.25. The highest BCUT2D eigenvalue weighted by Gasteiger charge is 2.22. The van der Waals surface area contributed by atoms with Gasteiger partial charge >= 0.3 is 11.7 Å². The van der Waals surface area contributed by atoms with Gasteiger partial charge in [0.05, 0.1) is 24.1 Å². The van der Waals surface area contributed by atoms with Crippen LogP contribution in [0.15, 0.2) is 42.5 Å². The molecule has 31 heavy (non-hydrogen) atoms. The summed E-state index contributed by atoms with van der Waals surface area (Å²) in [6, 6.07) is 11.5. The van der Waals surface area contributed by atoms with Crippen LogP contribution in [0, 0.1) is 10.1 Å². The lowest BCUT2D eigenvalue weighted by Gasteiger charge is -2.23. The van der Waals surface area contributed by atoms with E-state index in [1.807, 2.05) is 39.8 Å². The predicted molar refractivity (Wildman–Crippen MR) is 118 cm³/mol. The van der Waals surface area contributed by atoms with Crippen molar-refractivity contribution in [2.24, 2.45) is 0 Å². The molecule has 2 aromatic carbocycles. The van der Waals surface area contributed by atoms with Crippen molar-refractivity contribution < 1.29 is 24.0 Å². The van der Waals surface area contributed by atoms with Crippen LogP contribution < -0.4 is 9.64 Å². The number of nitro benzene ring substituents is 1. The number of amides is 1. The van der Waals surface area contributed by atoms with Gasteiger partial charge in [-0.1, -0.05) is 19.1 Å². The average Bonchev–Trinajstić information content (AvgIpc) is 2.66. The summed E-state index contributed by atoms with van der Waals surface area (Å²) in [7, 11) is 1.34. The van der Waals surface area contributed by atoms with E-state index >= 15 is 0 Å². The number of ether oxygens (including phenoxy) is 2. The summed E-state index contributed by atoms with van der Waals surface area (Å²) in [5, 5.41) is 11.1. The molecule has 0 heterocycles. The molecular formula is C23H28N2O6. The Morgan fingerprint density at radius 1 is 1.10 bits per heavy atom. The summed E-state index contributed by atoms with van der Waals surface area (Å²) >= 11 is 0. The largest absolute Gasteiger partial charge is 0.490 e. The van der Waals surface area contributed by atoms with Crippen molar-refractivity contribution in [3.63, 3.8) is 0 Å². The molecule has 0 saturated carbocycles. The molecule has 0 bridgehead atoms. The summed E-state index contributed by atoms with van der Waals surface area (Å²) in [5.74, 6) is -0.525. The van der Waals surface area contributed by atoms with E-state index in [0.717, 1.165) is 5.56 Å². The molecule has 2 rings (SSSR count). The molecule has 1 amide bonds. The number of methoxy groups -OCH3 is 1. The molecule has 0 saturated heterocycles. The molecule has 8 heteroatoms. The zero-order chi connectivity index (χ0) is 23.3. The number of anilines is 2. The van der Waals surface area contributed by atoms with Crippen LogP contribution in [0.4, 0.5) is 17.1 Å². The molecule has 0 spiro atoms. The Kier molecular flexibility index (Phi) is 7.38. The summed E-state index contributed by atoms with van der Waals surface area (Å²) in [4.78, 5) is 36.5. The van der Waals surface area contributed by atoms with Gasteiger partial charge in [-0.3, -0.25) is 24.6 Å². The fourth-order valence-electron chi connectivity index (χ4n) is 3.17. The van der Waals surface area contributed by atoms with Crippen molar-refractivity contribution in [2.75, 3.05) is 12.0 Å². The highest BCUT2D eigenvalue weighted by molar-refractivity contribution is 5.99. The molecule has 1 unspecified atom stereocenters. The summed E-state index contributed by atoms with van der Waals surface area (Å²) in [6.07, 6.45) is 0.243. The number of rotatable bonds is 7. The lowest BCUT2D eigenvalue weighted by Crippen LogP contribution is -2.24. The smallest absolute Gasteiger partial charge is 0.311 e. The third-order valence-corrected chi connectivity index (χ3v) is 4.55. The van der Waals surface area contributed by atoms with Crippen molar-refractivity contribution in [2.45, 2.75) is 52.6 Å². The van der Waals surface area contributed by atoms with E-state index in [1.165, 1.54) is 37.1 Å². The quantitative estimate of drug-likeness (QED) is 0.345. The van der Waals surface area contributed by atoms with Gasteiger partial charge in [0.15, 0.2) is 5.75 Å². The van der Waals surface area contributed by atoms with Crippen molar-refractivity contribution in [1.82, 2.24) is 0 Å².